The molecule has 9 heteroatoms. The van der Waals surface area contributed by atoms with Gasteiger partial charge in [0, 0.05) is 25.1 Å². The molecule has 0 spiro atoms. The molecule has 174 valence electrons. The van der Waals surface area contributed by atoms with Gasteiger partial charge in [-0.25, -0.2) is 0 Å². The molecule has 1 aliphatic heterocycles. The van der Waals surface area contributed by atoms with Gasteiger partial charge in [-0.3, -0.25) is 4.90 Å². The van der Waals surface area contributed by atoms with Crippen molar-refractivity contribution in [3.63, 3.8) is 0 Å². The van der Waals surface area contributed by atoms with E-state index < -0.39 is 15.6 Å². The maximum absolute atomic E-state index is 12.8. The summed E-state index contributed by atoms with van der Waals surface area (Å²) in [6.45, 7) is 1.21. The molecule has 0 radical (unpaired) electrons. The van der Waals surface area contributed by atoms with Gasteiger partial charge in [0.25, 0.3) is 0 Å². The molecule has 0 fully saturated rings. The van der Waals surface area contributed by atoms with E-state index in [2.05, 4.69) is 9.08 Å². The second kappa shape index (κ2) is 9.44. The maximum Gasteiger partial charge on any atom is 0.534 e. The lowest BCUT2D eigenvalue weighted by atomic mass is 10.0. The van der Waals surface area contributed by atoms with Gasteiger partial charge in [-0.15, -0.1) is 0 Å². The summed E-state index contributed by atoms with van der Waals surface area (Å²) in [5, 5.41) is 0. The summed E-state index contributed by atoms with van der Waals surface area (Å²) < 4.78 is 71.9. The van der Waals surface area contributed by atoms with Crippen LogP contribution in [0.4, 0.5) is 13.2 Å². The van der Waals surface area contributed by atoms with E-state index in [-0.39, 0.29) is 12.0 Å². The summed E-state index contributed by atoms with van der Waals surface area (Å²) in [5.74, 6) is -0.0480. The third kappa shape index (κ3) is 5.48. The molecular formula is C24H22F3NO4S. The van der Waals surface area contributed by atoms with Crippen LogP contribution in [0.3, 0.4) is 0 Å². The van der Waals surface area contributed by atoms with E-state index in [1.165, 1.54) is 12.1 Å². The molecule has 0 unspecified atom stereocenters. The minimum atomic E-state index is -5.76. The first-order chi connectivity index (χ1) is 15.7. The van der Waals surface area contributed by atoms with E-state index in [1.54, 1.807) is 6.07 Å². The zero-order chi connectivity index (χ0) is 23.5. The fraction of sp³-hybridized carbons (Fsp3) is 0.250. The molecule has 0 saturated heterocycles. The van der Waals surface area contributed by atoms with Crippen molar-refractivity contribution in [3.8, 4) is 11.5 Å². The Balaban J connectivity index is 1.58. The van der Waals surface area contributed by atoms with E-state index in [9.17, 15) is 21.6 Å². The first kappa shape index (κ1) is 23.1. The van der Waals surface area contributed by atoms with Gasteiger partial charge in [-0.1, -0.05) is 66.7 Å². The predicted molar refractivity (Wildman–Crippen MR) is 117 cm³/mol. The number of alkyl halides is 3. The van der Waals surface area contributed by atoms with Gasteiger partial charge in [0.2, 0.25) is 0 Å². The summed E-state index contributed by atoms with van der Waals surface area (Å²) in [4.78, 5) is 2.15. The average molecular weight is 478 g/mol. The van der Waals surface area contributed by atoms with Gasteiger partial charge in [-0.05, 0) is 29.7 Å². The van der Waals surface area contributed by atoms with Gasteiger partial charge in [-0.2, -0.15) is 21.6 Å². The molecule has 4 rings (SSSR count). The normalized spacial score (nSPS) is 16.2. The highest BCUT2D eigenvalue weighted by molar-refractivity contribution is 7.88. The fourth-order valence-corrected chi connectivity index (χ4v) is 4.26. The minimum Gasteiger partial charge on any atom is -0.475 e. The lowest BCUT2D eigenvalue weighted by molar-refractivity contribution is -0.0501. The van der Waals surface area contributed by atoms with Crippen LogP contribution in [0.25, 0.3) is 0 Å². The summed E-state index contributed by atoms with van der Waals surface area (Å²) >= 11 is 0. The lowest BCUT2D eigenvalue weighted by Gasteiger charge is -2.36. The quantitative estimate of drug-likeness (QED) is 0.343. The highest BCUT2D eigenvalue weighted by atomic mass is 32.2. The number of hydrogen-bond acceptors (Lipinski definition) is 5. The number of benzene rings is 3. The molecule has 0 bridgehead atoms. The van der Waals surface area contributed by atoms with Crippen molar-refractivity contribution < 1.29 is 30.5 Å². The van der Waals surface area contributed by atoms with Gasteiger partial charge in [0.1, 0.15) is 11.5 Å². The summed E-state index contributed by atoms with van der Waals surface area (Å²) in [6, 6.07) is 24.0. The van der Waals surface area contributed by atoms with Crippen LogP contribution in [0, 0.1) is 0 Å². The van der Waals surface area contributed by atoms with Crippen LogP contribution in [0.1, 0.15) is 23.1 Å². The maximum atomic E-state index is 12.8. The molecule has 1 heterocycles. The summed E-state index contributed by atoms with van der Waals surface area (Å²) in [5.41, 5.74) is -3.01. The van der Waals surface area contributed by atoms with E-state index in [4.69, 9.17) is 4.74 Å². The lowest BCUT2D eigenvalue weighted by Crippen LogP contribution is -2.41. The van der Waals surface area contributed by atoms with Crippen LogP contribution in [-0.2, 0) is 29.6 Å². The Morgan fingerprint density at radius 3 is 2.00 bits per heavy atom. The topological polar surface area (TPSA) is 55.8 Å². The Kier molecular flexibility index (Phi) is 6.62. The van der Waals surface area contributed by atoms with E-state index in [0.717, 1.165) is 11.1 Å². The number of ether oxygens (including phenoxy) is 1. The highest BCUT2D eigenvalue weighted by Crippen LogP contribution is 2.38. The van der Waals surface area contributed by atoms with Crippen LogP contribution in [0.5, 0.6) is 11.5 Å². The average Bonchev–Trinajstić information content (AvgIpc) is 2.79. The predicted octanol–water partition coefficient (Wildman–Crippen LogP) is 5.27. The molecule has 3 aromatic rings. The van der Waals surface area contributed by atoms with Crippen molar-refractivity contribution in [2.75, 3.05) is 0 Å². The highest BCUT2D eigenvalue weighted by Gasteiger charge is 2.49. The van der Waals surface area contributed by atoms with Gasteiger partial charge < -0.3 is 8.92 Å². The monoisotopic (exact) mass is 477 g/mol. The van der Waals surface area contributed by atoms with Crippen LogP contribution < -0.4 is 8.92 Å². The van der Waals surface area contributed by atoms with Crippen molar-refractivity contribution in [1.82, 2.24) is 4.90 Å². The van der Waals surface area contributed by atoms with Crippen LogP contribution in [-0.4, -0.2) is 25.1 Å². The Morgan fingerprint density at radius 1 is 0.879 bits per heavy atom. The Labute approximate surface area is 190 Å². The molecule has 0 aliphatic carbocycles. The van der Waals surface area contributed by atoms with E-state index >= 15 is 0 Å². The third-order valence-corrected chi connectivity index (χ3v) is 6.31. The van der Waals surface area contributed by atoms with E-state index in [0.29, 0.717) is 37.2 Å². The first-order valence-electron chi connectivity index (χ1n) is 10.3. The number of nitrogens with zero attached hydrogens (tertiary/aromatic N) is 1. The number of rotatable bonds is 7. The smallest absolute Gasteiger partial charge is 0.475 e. The number of hydrogen-bond donors (Lipinski definition) is 0. The van der Waals surface area contributed by atoms with Gasteiger partial charge in [0.15, 0.2) is 6.23 Å². The zero-order valence-corrected chi connectivity index (χ0v) is 18.4. The van der Waals surface area contributed by atoms with Crippen molar-refractivity contribution in [3.05, 3.63) is 95.6 Å². The third-order valence-electron chi connectivity index (χ3n) is 5.34. The van der Waals surface area contributed by atoms with Gasteiger partial charge >= 0.3 is 15.6 Å². The van der Waals surface area contributed by atoms with Gasteiger partial charge in [0.05, 0.1) is 0 Å². The van der Waals surface area contributed by atoms with Crippen LogP contribution in [0.2, 0.25) is 0 Å². The molecule has 5 nitrogen and oxygen atoms in total. The molecule has 33 heavy (non-hydrogen) atoms. The standard InChI is InChI=1S/C24H22F3NO4S/c25-24(26,27)33(29,30)32-22-13-7-12-21-20(22)14-15-23(31-21)28(16-18-8-3-1-4-9-18)17-19-10-5-2-6-11-19/h1-13,23H,14-17H2/t23-/m1/s1. The Morgan fingerprint density at radius 2 is 1.45 bits per heavy atom. The summed E-state index contributed by atoms with van der Waals surface area (Å²) in [7, 11) is -5.76. The largest absolute Gasteiger partial charge is 0.534 e. The molecule has 0 N–H and O–H groups in total. The molecular weight excluding hydrogens is 455 g/mol. The zero-order valence-electron chi connectivity index (χ0n) is 17.5. The van der Waals surface area contributed by atoms with Crippen molar-refractivity contribution >= 4 is 10.1 Å². The molecule has 0 saturated carbocycles. The second-order valence-corrected chi connectivity index (χ2v) is 9.24. The molecule has 1 atom stereocenters. The minimum absolute atomic E-state index is 0.306. The molecule has 0 amide bonds. The second-order valence-electron chi connectivity index (χ2n) is 7.70. The Hall–Kier alpha value is -3.04. The van der Waals surface area contributed by atoms with E-state index in [1.807, 2.05) is 60.7 Å². The SMILES string of the molecule is O=S(=O)(Oc1cccc2c1CC[C@H](N(Cc1ccccc1)Cc1ccccc1)O2)C(F)(F)F. The number of halogens is 3. The molecule has 3 aromatic carbocycles. The molecule has 1 aliphatic rings. The first-order valence-corrected chi connectivity index (χ1v) is 11.7. The summed E-state index contributed by atoms with van der Waals surface area (Å²) in [6.07, 6.45) is 0.412. The Bertz CT molecular complexity index is 1140. The number of fused-ring (bicyclic) bond motifs is 1. The van der Waals surface area contributed by atoms with Crippen LogP contribution >= 0.6 is 0 Å². The van der Waals surface area contributed by atoms with Crippen molar-refractivity contribution in [1.29, 1.82) is 0 Å². The van der Waals surface area contributed by atoms with Crippen molar-refractivity contribution in [2.24, 2.45) is 0 Å². The molecule has 0 aromatic heterocycles. The fourth-order valence-electron chi connectivity index (χ4n) is 3.77. The van der Waals surface area contributed by atoms with Crippen LogP contribution in [0.15, 0.2) is 78.9 Å². The van der Waals surface area contributed by atoms with Crippen molar-refractivity contribution in [2.45, 2.75) is 37.7 Å².